The minimum Gasteiger partial charge on any atom is -0.494 e. The molecule has 1 N–H and O–H groups in total. The molecule has 1 heterocycles. The Morgan fingerprint density at radius 3 is 2.50 bits per heavy atom. The van der Waals surface area contributed by atoms with Crippen LogP contribution in [0.25, 0.3) is 0 Å². The van der Waals surface area contributed by atoms with Gasteiger partial charge in [-0.15, -0.1) is 0 Å². The first-order chi connectivity index (χ1) is 9.33. The highest BCUT2D eigenvalue weighted by molar-refractivity contribution is 5.90. The number of aliphatic hydroxyl groups excluding tert-OH is 1. The molecule has 0 bridgehead atoms. The van der Waals surface area contributed by atoms with Crippen LogP contribution in [0.3, 0.4) is 0 Å². The number of nitrogens with zero attached hydrogens (tertiary/aromatic N) is 1. The second-order valence-electron chi connectivity index (χ2n) is 4.82. The lowest BCUT2D eigenvalue weighted by Gasteiger charge is -2.20. The summed E-state index contributed by atoms with van der Waals surface area (Å²) in [6, 6.07) is 1.70. The van der Waals surface area contributed by atoms with Gasteiger partial charge in [0.25, 0.3) is 0 Å². The van der Waals surface area contributed by atoms with E-state index in [4.69, 9.17) is 9.47 Å². The van der Waals surface area contributed by atoms with Crippen molar-refractivity contribution in [2.45, 2.75) is 26.9 Å². The standard InChI is InChI=1S/C15H21NO4/c1-8(2)10(4)13(17)11-7-9(3)14(19-5)12(16-11)15(18)20-6/h7,10,13,17H,1H2,2-6H3. The van der Waals surface area contributed by atoms with E-state index in [9.17, 15) is 9.90 Å². The van der Waals surface area contributed by atoms with Crippen molar-refractivity contribution in [1.82, 2.24) is 4.98 Å². The van der Waals surface area contributed by atoms with E-state index in [0.29, 0.717) is 17.0 Å². The van der Waals surface area contributed by atoms with E-state index < -0.39 is 12.1 Å². The van der Waals surface area contributed by atoms with Gasteiger partial charge in [0.1, 0.15) is 6.10 Å². The summed E-state index contributed by atoms with van der Waals surface area (Å²) >= 11 is 0. The third-order valence-electron chi connectivity index (χ3n) is 3.32. The van der Waals surface area contributed by atoms with Crippen LogP contribution in [-0.4, -0.2) is 30.3 Å². The van der Waals surface area contributed by atoms with Gasteiger partial charge >= 0.3 is 5.97 Å². The fourth-order valence-electron chi connectivity index (χ4n) is 1.86. The highest BCUT2D eigenvalue weighted by atomic mass is 16.5. The largest absolute Gasteiger partial charge is 0.494 e. The molecule has 1 aromatic heterocycles. The predicted octanol–water partition coefficient (Wildman–Crippen LogP) is 2.43. The van der Waals surface area contributed by atoms with Crippen molar-refractivity contribution in [3.8, 4) is 5.75 Å². The van der Waals surface area contributed by atoms with E-state index in [2.05, 4.69) is 11.6 Å². The molecule has 0 fully saturated rings. The number of aromatic nitrogens is 1. The molecule has 2 atom stereocenters. The van der Waals surface area contributed by atoms with Gasteiger partial charge in [-0.1, -0.05) is 19.1 Å². The normalized spacial score (nSPS) is 13.5. The monoisotopic (exact) mass is 279 g/mol. The maximum atomic E-state index is 11.8. The number of carbonyl (C=O) groups is 1. The predicted molar refractivity (Wildman–Crippen MR) is 75.8 cm³/mol. The van der Waals surface area contributed by atoms with Gasteiger partial charge in [0, 0.05) is 5.92 Å². The second kappa shape index (κ2) is 6.52. The van der Waals surface area contributed by atoms with Gasteiger partial charge < -0.3 is 14.6 Å². The van der Waals surface area contributed by atoms with E-state index >= 15 is 0 Å². The van der Waals surface area contributed by atoms with Gasteiger partial charge in [-0.05, 0) is 25.5 Å². The molecule has 0 aromatic carbocycles. The van der Waals surface area contributed by atoms with Gasteiger partial charge in [-0.3, -0.25) is 0 Å². The van der Waals surface area contributed by atoms with E-state index in [-0.39, 0.29) is 11.6 Å². The van der Waals surface area contributed by atoms with Crippen molar-refractivity contribution in [2.24, 2.45) is 5.92 Å². The molecule has 1 rings (SSSR count). The maximum Gasteiger partial charge on any atom is 0.360 e. The summed E-state index contributed by atoms with van der Waals surface area (Å²) in [6.07, 6.45) is -0.833. The van der Waals surface area contributed by atoms with Crippen molar-refractivity contribution >= 4 is 5.97 Å². The molecule has 0 spiro atoms. The van der Waals surface area contributed by atoms with Gasteiger partial charge in [0.05, 0.1) is 19.9 Å². The van der Waals surface area contributed by atoms with E-state index in [1.54, 1.807) is 13.0 Å². The molecule has 0 aliphatic rings. The van der Waals surface area contributed by atoms with Gasteiger partial charge in [0.2, 0.25) is 0 Å². The average molecular weight is 279 g/mol. The number of aliphatic hydroxyl groups is 1. The Morgan fingerprint density at radius 2 is 2.05 bits per heavy atom. The zero-order valence-corrected chi connectivity index (χ0v) is 12.6. The summed E-state index contributed by atoms with van der Waals surface area (Å²) in [5, 5.41) is 10.3. The first kappa shape index (κ1) is 16.2. The van der Waals surface area contributed by atoms with E-state index in [0.717, 1.165) is 5.57 Å². The molecule has 0 radical (unpaired) electrons. The van der Waals surface area contributed by atoms with Gasteiger partial charge in [-0.2, -0.15) is 0 Å². The van der Waals surface area contributed by atoms with Crippen LogP contribution in [0.1, 0.15) is 41.7 Å². The number of esters is 1. The lowest BCUT2D eigenvalue weighted by Crippen LogP contribution is -2.16. The molecule has 110 valence electrons. The minimum atomic E-state index is -0.833. The number of hydrogen-bond acceptors (Lipinski definition) is 5. The van der Waals surface area contributed by atoms with Crippen molar-refractivity contribution in [3.63, 3.8) is 0 Å². The summed E-state index contributed by atoms with van der Waals surface area (Å²) in [7, 11) is 2.74. The molecular formula is C15H21NO4. The van der Waals surface area contributed by atoms with Crippen LogP contribution in [0.4, 0.5) is 0 Å². The molecule has 1 aromatic rings. The number of carbonyl (C=O) groups excluding carboxylic acids is 1. The van der Waals surface area contributed by atoms with Crippen molar-refractivity contribution in [2.75, 3.05) is 14.2 Å². The Morgan fingerprint density at radius 1 is 1.45 bits per heavy atom. The van der Waals surface area contributed by atoms with Gasteiger partial charge in [-0.25, -0.2) is 9.78 Å². The number of ether oxygens (including phenoxy) is 2. The fraction of sp³-hybridized carbons (Fsp3) is 0.467. The lowest BCUT2D eigenvalue weighted by molar-refractivity contribution is 0.0587. The molecule has 5 heteroatoms. The van der Waals surface area contributed by atoms with Crippen LogP contribution >= 0.6 is 0 Å². The Bertz CT molecular complexity index is 525. The number of methoxy groups -OCH3 is 2. The summed E-state index contributed by atoms with van der Waals surface area (Å²) in [4.78, 5) is 15.9. The fourth-order valence-corrected chi connectivity index (χ4v) is 1.86. The topological polar surface area (TPSA) is 68.7 Å². The number of pyridine rings is 1. The molecule has 0 amide bonds. The zero-order valence-electron chi connectivity index (χ0n) is 12.6. The zero-order chi connectivity index (χ0) is 15.4. The molecule has 0 aliphatic carbocycles. The lowest BCUT2D eigenvalue weighted by atomic mass is 9.94. The Labute approximate surface area is 119 Å². The van der Waals surface area contributed by atoms with Crippen LogP contribution in [0.2, 0.25) is 0 Å². The van der Waals surface area contributed by atoms with Crippen LogP contribution in [0.5, 0.6) is 5.75 Å². The Kier molecular flexibility index (Phi) is 5.27. The number of hydrogen-bond donors (Lipinski definition) is 1. The Balaban J connectivity index is 3.33. The molecule has 0 saturated carbocycles. The highest BCUT2D eigenvalue weighted by Gasteiger charge is 2.24. The van der Waals surface area contributed by atoms with Crippen LogP contribution < -0.4 is 4.74 Å². The van der Waals surface area contributed by atoms with Crippen LogP contribution in [0.15, 0.2) is 18.2 Å². The number of rotatable bonds is 5. The highest BCUT2D eigenvalue weighted by Crippen LogP contribution is 2.30. The second-order valence-corrected chi connectivity index (χ2v) is 4.82. The van der Waals surface area contributed by atoms with Crippen LogP contribution in [-0.2, 0) is 4.74 Å². The summed E-state index contributed by atoms with van der Waals surface area (Å²) in [5.41, 5.74) is 2.02. The first-order valence-corrected chi connectivity index (χ1v) is 6.30. The van der Waals surface area contributed by atoms with Crippen LogP contribution in [0, 0.1) is 12.8 Å². The maximum absolute atomic E-state index is 11.8. The molecule has 2 unspecified atom stereocenters. The summed E-state index contributed by atoms with van der Waals surface area (Å²) in [6.45, 7) is 9.31. The Hall–Kier alpha value is -1.88. The van der Waals surface area contributed by atoms with Gasteiger partial charge in [0.15, 0.2) is 11.4 Å². The quantitative estimate of drug-likeness (QED) is 0.662. The summed E-state index contributed by atoms with van der Waals surface area (Å²) < 4.78 is 9.88. The third kappa shape index (κ3) is 3.17. The van der Waals surface area contributed by atoms with Crippen molar-refractivity contribution < 1.29 is 19.4 Å². The van der Waals surface area contributed by atoms with E-state index in [1.165, 1.54) is 14.2 Å². The smallest absolute Gasteiger partial charge is 0.360 e. The SMILES string of the molecule is C=C(C)C(C)C(O)c1cc(C)c(OC)c(C(=O)OC)n1. The molecule has 0 saturated heterocycles. The molecule has 0 aliphatic heterocycles. The van der Waals surface area contributed by atoms with Crippen molar-refractivity contribution in [1.29, 1.82) is 0 Å². The number of aryl methyl sites for hydroxylation is 1. The summed E-state index contributed by atoms with van der Waals surface area (Å²) in [5.74, 6) is -0.404. The minimum absolute atomic E-state index is 0.0676. The first-order valence-electron chi connectivity index (χ1n) is 6.30. The van der Waals surface area contributed by atoms with Crippen molar-refractivity contribution in [3.05, 3.63) is 35.2 Å². The van der Waals surface area contributed by atoms with E-state index in [1.807, 2.05) is 13.8 Å². The third-order valence-corrected chi connectivity index (χ3v) is 3.32. The average Bonchev–Trinajstić information content (AvgIpc) is 2.43. The molecular weight excluding hydrogens is 258 g/mol. The molecule has 20 heavy (non-hydrogen) atoms. The molecule has 5 nitrogen and oxygen atoms in total.